The van der Waals surface area contributed by atoms with E-state index in [1.54, 1.807) is 7.05 Å². The molecule has 0 radical (unpaired) electrons. The Morgan fingerprint density at radius 2 is 2.13 bits per heavy atom. The van der Waals surface area contributed by atoms with E-state index in [0.717, 1.165) is 35.0 Å². The van der Waals surface area contributed by atoms with Gasteiger partial charge in [0.1, 0.15) is 12.0 Å². The van der Waals surface area contributed by atoms with Gasteiger partial charge in [-0.3, -0.25) is 0 Å². The van der Waals surface area contributed by atoms with Gasteiger partial charge in [-0.05, 0) is 24.5 Å². The van der Waals surface area contributed by atoms with Crippen molar-refractivity contribution in [2.75, 3.05) is 12.4 Å². The number of ether oxygens (including phenoxy) is 1. The normalized spacial score (nSPS) is 20.8. The highest BCUT2D eigenvalue weighted by Gasteiger charge is 2.34. The molecule has 10 nitrogen and oxygen atoms in total. The predicted molar refractivity (Wildman–Crippen MR) is 110 cm³/mol. The van der Waals surface area contributed by atoms with Gasteiger partial charge in [0.2, 0.25) is 0 Å². The average molecular weight is 404 g/mol. The molecule has 1 fully saturated rings. The van der Waals surface area contributed by atoms with Crippen LogP contribution in [0.4, 0.5) is 10.6 Å². The molecule has 10 heteroatoms. The van der Waals surface area contributed by atoms with Crippen molar-refractivity contribution in [1.29, 1.82) is 0 Å². The maximum Gasteiger partial charge on any atom is 0.328 e. The third-order valence-corrected chi connectivity index (χ3v) is 5.95. The molecule has 2 N–H and O–H groups in total. The minimum Gasteiger partial charge on any atom is -0.371 e. The Labute approximate surface area is 171 Å². The zero-order chi connectivity index (χ0) is 20.4. The SMILES string of the molecule is CNc1nc2nc3c1ncn3C(=O)N[C@@H]1CC[C@H]1OCc1cnc3c(c1)c-2cn3C. The first-order chi connectivity index (χ1) is 14.6. The van der Waals surface area contributed by atoms with Crippen molar-refractivity contribution in [2.45, 2.75) is 31.6 Å². The van der Waals surface area contributed by atoms with Crippen LogP contribution in [0.25, 0.3) is 33.6 Å². The molecule has 0 spiro atoms. The van der Waals surface area contributed by atoms with Crippen LogP contribution in [0, 0.1) is 0 Å². The number of pyridine rings is 1. The van der Waals surface area contributed by atoms with Crippen molar-refractivity contribution in [3.63, 3.8) is 0 Å². The number of nitrogens with one attached hydrogen (secondary N) is 2. The van der Waals surface area contributed by atoms with Crippen LogP contribution in [-0.2, 0) is 18.4 Å². The lowest BCUT2D eigenvalue weighted by Gasteiger charge is -2.36. The molecule has 1 saturated carbocycles. The number of anilines is 1. The lowest BCUT2D eigenvalue weighted by molar-refractivity contribution is -0.0323. The van der Waals surface area contributed by atoms with E-state index in [1.165, 1.54) is 10.9 Å². The highest BCUT2D eigenvalue weighted by Crippen LogP contribution is 2.32. The number of carbonyl (C=O) groups excluding carboxylic acids is 1. The van der Waals surface area contributed by atoms with Crippen molar-refractivity contribution in [2.24, 2.45) is 7.05 Å². The van der Waals surface area contributed by atoms with E-state index >= 15 is 0 Å². The molecule has 0 unspecified atom stereocenters. The van der Waals surface area contributed by atoms with Gasteiger partial charge in [-0.15, -0.1) is 0 Å². The van der Waals surface area contributed by atoms with Crippen LogP contribution in [0.15, 0.2) is 24.8 Å². The van der Waals surface area contributed by atoms with E-state index in [2.05, 4.69) is 31.7 Å². The van der Waals surface area contributed by atoms with Crippen LogP contribution < -0.4 is 10.6 Å². The highest BCUT2D eigenvalue weighted by molar-refractivity contribution is 5.96. The molecular formula is C20H20N8O2. The fourth-order valence-corrected chi connectivity index (χ4v) is 4.17. The number of hydrogen-bond donors (Lipinski definition) is 2. The second-order valence-electron chi connectivity index (χ2n) is 7.78. The molecule has 0 aromatic carbocycles. The Kier molecular flexibility index (Phi) is 3.60. The second-order valence-corrected chi connectivity index (χ2v) is 7.78. The summed E-state index contributed by atoms with van der Waals surface area (Å²) in [5, 5.41) is 7.07. The first-order valence-electron chi connectivity index (χ1n) is 9.92. The van der Waals surface area contributed by atoms with Gasteiger partial charge in [0.25, 0.3) is 0 Å². The Morgan fingerprint density at radius 3 is 2.93 bits per heavy atom. The molecule has 2 aliphatic rings. The van der Waals surface area contributed by atoms with Gasteiger partial charge in [0.05, 0.1) is 18.8 Å². The summed E-state index contributed by atoms with van der Waals surface area (Å²) in [6.45, 7) is 0.437. The van der Waals surface area contributed by atoms with Crippen LogP contribution >= 0.6 is 0 Å². The van der Waals surface area contributed by atoms with E-state index in [1.807, 2.05) is 24.0 Å². The molecule has 1 amide bonds. The quantitative estimate of drug-likeness (QED) is 0.499. The summed E-state index contributed by atoms with van der Waals surface area (Å²) in [4.78, 5) is 31.4. The molecule has 1 aliphatic heterocycles. The van der Waals surface area contributed by atoms with Gasteiger partial charge in [0, 0.05) is 37.4 Å². The van der Waals surface area contributed by atoms with Gasteiger partial charge in [-0.2, -0.15) is 0 Å². The third-order valence-electron chi connectivity index (χ3n) is 5.95. The minimum atomic E-state index is -0.266. The standard InChI is InChI=1S/C20H20N8O2/c1-21-17-15-19-26-16(25-17)12-7-27(2)18-11(12)5-10(6-22-18)8-30-14-4-3-13(14)24-20(29)28(19)9-23-15/h5-7,9,13-14H,3-4,8H2,1-2H3,(H,24,29)(H,21,25,26)/t13-,14-/m1/s1. The number of aromatic nitrogens is 6. The summed E-state index contributed by atoms with van der Waals surface area (Å²) in [7, 11) is 3.72. The third kappa shape index (κ3) is 2.43. The number of rotatable bonds is 1. The maximum atomic E-state index is 13.0. The van der Waals surface area contributed by atoms with Gasteiger partial charge < -0.3 is 19.9 Å². The number of nitrogens with zero attached hydrogens (tertiary/aromatic N) is 6. The molecule has 30 heavy (non-hydrogen) atoms. The van der Waals surface area contributed by atoms with Crippen molar-refractivity contribution >= 4 is 34.0 Å². The molecule has 5 heterocycles. The average Bonchev–Trinajstić information content (AvgIpc) is 3.31. The highest BCUT2D eigenvalue weighted by atomic mass is 16.5. The minimum absolute atomic E-state index is 0.0179. The van der Waals surface area contributed by atoms with E-state index in [4.69, 9.17) is 9.72 Å². The largest absolute Gasteiger partial charge is 0.371 e. The van der Waals surface area contributed by atoms with Crippen molar-refractivity contribution < 1.29 is 9.53 Å². The Morgan fingerprint density at radius 1 is 1.23 bits per heavy atom. The molecule has 152 valence electrons. The number of carbonyl (C=O) groups is 1. The fourth-order valence-electron chi connectivity index (χ4n) is 4.17. The Bertz CT molecular complexity index is 1320. The van der Waals surface area contributed by atoms with Gasteiger partial charge in [-0.1, -0.05) is 0 Å². The van der Waals surface area contributed by atoms with Crippen LogP contribution in [0.1, 0.15) is 18.4 Å². The zero-order valence-corrected chi connectivity index (χ0v) is 16.6. The predicted octanol–water partition coefficient (Wildman–Crippen LogP) is 2.04. The van der Waals surface area contributed by atoms with E-state index < -0.39 is 0 Å². The van der Waals surface area contributed by atoms with Gasteiger partial charge in [0.15, 0.2) is 22.8 Å². The first kappa shape index (κ1) is 17.3. The van der Waals surface area contributed by atoms with Crippen LogP contribution in [-0.4, -0.2) is 54.3 Å². The van der Waals surface area contributed by atoms with Crippen LogP contribution in [0.2, 0.25) is 0 Å². The number of aryl methyl sites for hydroxylation is 1. The van der Waals surface area contributed by atoms with Gasteiger partial charge in [-0.25, -0.2) is 29.3 Å². The number of hydrogen-bond acceptors (Lipinski definition) is 7. The summed E-state index contributed by atoms with van der Waals surface area (Å²) in [6.07, 6.45) is 7.06. The molecule has 0 saturated heterocycles. The summed E-state index contributed by atoms with van der Waals surface area (Å²) in [5.41, 5.74) is 3.65. The van der Waals surface area contributed by atoms with E-state index in [0.29, 0.717) is 29.4 Å². The fraction of sp³-hybridized carbons (Fsp3) is 0.350. The molecule has 2 atom stereocenters. The summed E-state index contributed by atoms with van der Waals surface area (Å²) >= 11 is 0. The molecule has 6 rings (SSSR count). The Balaban J connectivity index is 1.64. The van der Waals surface area contributed by atoms with Crippen molar-refractivity contribution in [3.05, 3.63) is 30.4 Å². The summed E-state index contributed by atoms with van der Waals surface area (Å²) < 4.78 is 9.48. The zero-order valence-electron chi connectivity index (χ0n) is 16.6. The lowest BCUT2D eigenvalue weighted by Crippen LogP contribution is -2.52. The number of imidazole rings is 1. The maximum absolute atomic E-state index is 13.0. The second kappa shape index (κ2) is 6.23. The summed E-state index contributed by atoms with van der Waals surface area (Å²) in [5.74, 6) is 1.07. The molecule has 4 aromatic heterocycles. The van der Waals surface area contributed by atoms with Crippen LogP contribution in [0.5, 0.6) is 0 Å². The van der Waals surface area contributed by atoms with Crippen molar-refractivity contribution in [1.82, 2.24) is 34.4 Å². The molecule has 4 aromatic rings. The molecule has 4 bridgehead atoms. The van der Waals surface area contributed by atoms with Crippen LogP contribution in [0.3, 0.4) is 0 Å². The number of amides is 1. The monoisotopic (exact) mass is 404 g/mol. The molecule has 1 aliphatic carbocycles. The summed E-state index contributed by atoms with van der Waals surface area (Å²) in [6, 6.07) is 1.78. The molecular weight excluding hydrogens is 384 g/mol. The van der Waals surface area contributed by atoms with Gasteiger partial charge >= 0.3 is 6.03 Å². The smallest absolute Gasteiger partial charge is 0.328 e. The Hall–Kier alpha value is -3.53. The first-order valence-corrected chi connectivity index (χ1v) is 9.92. The topological polar surface area (TPSA) is 112 Å². The van der Waals surface area contributed by atoms with Crippen molar-refractivity contribution in [3.8, 4) is 11.4 Å². The lowest BCUT2D eigenvalue weighted by atomic mass is 9.89. The van der Waals surface area contributed by atoms with E-state index in [-0.39, 0.29) is 18.2 Å². The number of fused-ring (bicyclic) bond motifs is 4. The van der Waals surface area contributed by atoms with E-state index in [9.17, 15) is 4.79 Å².